The van der Waals surface area contributed by atoms with E-state index in [0.717, 1.165) is 12.2 Å². The molecule has 0 aliphatic carbocycles. The summed E-state index contributed by atoms with van der Waals surface area (Å²) in [7, 11) is 0.297. The molecule has 70 heavy (non-hydrogen) atoms. The fourth-order valence-corrected chi connectivity index (χ4v) is 8.77. The van der Waals surface area contributed by atoms with Gasteiger partial charge in [0.25, 0.3) is 11.8 Å². The lowest BCUT2D eigenvalue weighted by molar-refractivity contribution is -0.135. The molecule has 4 rings (SSSR count). The first-order valence-corrected chi connectivity index (χ1v) is 25.7. The van der Waals surface area contributed by atoms with Crippen molar-refractivity contribution < 1.29 is 48.9 Å². The van der Waals surface area contributed by atoms with Crippen molar-refractivity contribution in [2.45, 2.75) is 82.5 Å². The molecule has 0 saturated carbocycles. The Morgan fingerprint density at radius 2 is 1.61 bits per heavy atom. The Morgan fingerprint density at radius 1 is 0.886 bits per heavy atom. The topological polar surface area (TPSA) is 437 Å². The van der Waals surface area contributed by atoms with Gasteiger partial charge in [0.1, 0.15) is 57.7 Å². The van der Waals surface area contributed by atoms with Crippen molar-refractivity contribution in [1.82, 2.24) is 61.8 Å². The standard InChI is InChI=1S/C41H60N16O10S3/c1-18-29(55-35(57-33(18)44)22(11-27(43)59)49-12-21(42)34(45)62)39(66)56-30(32(61)23-13-46-17-50-23)40(67)51-20(3)31(60)19(2)36(63)53-24(14-58)37(64)48-9-7-28-52-26(16-68-28)41-54-25(15-69-41)38(65)47-8-6-10-70(4)5/h13,15-17,19-22,24,30-32,49,58,60-61H,6-12,14,42H2,1-5H3,(H11-,43,44,45,46,47,48,50,51,53,55,56,57,59,62,63,64,65,66,67)/p+1/t19-,20+,21-,22-,24-,30-,31-,32-/m0/s1. The van der Waals surface area contributed by atoms with Gasteiger partial charge in [-0.05, 0) is 24.7 Å². The number of aromatic amines is 1. The van der Waals surface area contributed by atoms with Gasteiger partial charge in [-0.1, -0.05) is 6.92 Å². The Labute approximate surface area is 413 Å². The van der Waals surface area contributed by atoms with E-state index in [1.54, 1.807) is 10.8 Å². The highest BCUT2D eigenvalue weighted by Gasteiger charge is 2.36. The number of hydrogen-bond acceptors (Lipinski definition) is 20. The number of aliphatic hydroxyl groups is 3. The van der Waals surface area contributed by atoms with E-state index in [-0.39, 0.29) is 47.6 Å². The number of primary amides is 2. The van der Waals surface area contributed by atoms with Crippen LogP contribution in [0.1, 0.15) is 81.9 Å². The number of aromatic nitrogens is 6. The van der Waals surface area contributed by atoms with Crippen molar-refractivity contribution in [2.24, 2.45) is 23.1 Å². The van der Waals surface area contributed by atoms with Crippen LogP contribution in [-0.4, -0.2) is 161 Å². The number of nitrogens with one attached hydrogen (secondary N) is 7. The van der Waals surface area contributed by atoms with Crippen molar-refractivity contribution in [3.05, 3.63) is 56.8 Å². The number of hydrogen-bond donors (Lipinski definition) is 14. The summed E-state index contributed by atoms with van der Waals surface area (Å²) >= 11 is 2.62. The lowest BCUT2D eigenvalue weighted by Crippen LogP contribution is -2.57. The summed E-state index contributed by atoms with van der Waals surface area (Å²) in [6.45, 7) is 3.71. The van der Waals surface area contributed by atoms with Gasteiger partial charge in [-0.15, -0.1) is 22.7 Å². The van der Waals surface area contributed by atoms with E-state index in [0.29, 0.717) is 45.3 Å². The van der Waals surface area contributed by atoms with Gasteiger partial charge in [0.15, 0.2) is 0 Å². The molecule has 0 aliphatic rings. The Morgan fingerprint density at radius 3 is 2.26 bits per heavy atom. The van der Waals surface area contributed by atoms with Crippen LogP contribution in [0.25, 0.3) is 10.7 Å². The third kappa shape index (κ3) is 16.2. The number of amides is 7. The average molecular weight is 1030 g/mol. The van der Waals surface area contributed by atoms with Crippen LogP contribution < -0.4 is 54.8 Å². The first-order chi connectivity index (χ1) is 33.1. The number of anilines is 1. The number of nitrogen functional groups attached to an aromatic ring is 1. The normalized spacial score (nSPS) is 14.8. The van der Waals surface area contributed by atoms with Crippen molar-refractivity contribution in [1.29, 1.82) is 0 Å². The number of thiazole rings is 2. The van der Waals surface area contributed by atoms with E-state index in [2.05, 4.69) is 74.3 Å². The van der Waals surface area contributed by atoms with Crippen LogP contribution in [0.2, 0.25) is 0 Å². The summed E-state index contributed by atoms with van der Waals surface area (Å²) in [5.74, 6) is -6.21. The minimum Gasteiger partial charge on any atom is -0.394 e. The molecule has 0 unspecified atom stereocenters. The average Bonchev–Trinajstić information content (AvgIpc) is 4.13. The molecule has 0 fully saturated rings. The maximum absolute atomic E-state index is 13.9. The van der Waals surface area contributed by atoms with E-state index in [9.17, 15) is 48.9 Å². The summed E-state index contributed by atoms with van der Waals surface area (Å²) in [4.78, 5) is 114. The zero-order valence-electron chi connectivity index (χ0n) is 39.1. The highest BCUT2D eigenvalue weighted by atomic mass is 32.2. The van der Waals surface area contributed by atoms with E-state index < -0.39 is 96.8 Å². The second kappa shape index (κ2) is 26.7. The molecule has 29 heteroatoms. The number of nitrogens with zero attached hydrogens (tertiary/aromatic N) is 5. The van der Waals surface area contributed by atoms with Gasteiger partial charge in [-0.2, -0.15) is 0 Å². The summed E-state index contributed by atoms with van der Waals surface area (Å²) in [6, 6.07) is -6.72. The molecule has 8 atom stereocenters. The van der Waals surface area contributed by atoms with E-state index in [1.807, 2.05) is 0 Å². The summed E-state index contributed by atoms with van der Waals surface area (Å²) in [6.07, 6.45) is 4.09. The summed E-state index contributed by atoms with van der Waals surface area (Å²) in [5.41, 5.74) is 23.1. The van der Waals surface area contributed by atoms with Crippen LogP contribution in [0, 0.1) is 12.8 Å². The lowest BCUT2D eigenvalue weighted by atomic mass is 9.96. The Balaban J connectivity index is 1.36. The zero-order valence-corrected chi connectivity index (χ0v) is 41.5. The quantitative estimate of drug-likeness (QED) is 0.0191. The van der Waals surface area contributed by atoms with Crippen LogP contribution in [0.4, 0.5) is 5.82 Å². The van der Waals surface area contributed by atoms with Gasteiger partial charge >= 0.3 is 0 Å². The maximum atomic E-state index is 13.9. The van der Waals surface area contributed by atoms with Crippen LogP contribution in [0.3, 0.4) is 0 Å². The molecule has 0 bridgehead atoms. The molecule has 382 valence electrons. The minimum absolute atomic E-state index is 0.00163. The molecule has 0 spiro atoms. The monoisotopic (exact) mass is 1030 g/mol. The molecule has 18 N–H and O–H groups in total. The van der Waals surface area contributed by atoms with Crippen molar-refractivity contribution in [3.63, 3.8) is 0 Å². The smallest absolute Gasteiger partial charge is 0.271 e. The second-order valence-corrected chi connectivity index (χ2v) is 20.5. The number of nitrogens with two attached hydrogens (primary N) is 4. The number of carbonyl (C=O) groups is 7. The lowest BCUT2D eigenvalue weighted by Gasteiger charge is -2.29. The van der Waals surface area contributed by atoms with Crippen LogP contribution in [-0.2, 0) is 41.3 Å². The molecule has 4 aromatic heterocycles. The van der Waals surface area contributed by atoms with Crippen LogP contribution in [0.15, 0.2) is 23.3 Å². The SMILES string of the molecule is Cc1c(N)nc([C@H](CC(N)=O)NC[C@H](N)C(N)=O)nc1C(=O)N[C@H](C(=O)N[C@H](C)[C@@H](O)[C@H](C)C(=O)N[C@@H](CO)C(=O)NCCc1nc(-c2nc(C(=O)NCCC[S+](C)C)cs2)cs1)[C@@H](O)c1cnc[nH]1. The Kier molecular flexibility index (Phi) is 21.5. The first kappa shape index (κ1) is 56.4. The van der Waals surface area contributed by atoms with Gasteiger partial charge in [0, 0.05) is 55.2 Å². The minimum atomic E-state index is -1.81. The highest BCUT2D eigenvalue weighted by Crippen LogP contribution is 2.26. The van der Waals surface area contributed by atoms with E-state index in [4.69, 9.17) is 22.9 Å². The number of imidazole rings is 1. The van der Waals surface area contributed by atoms with Gasteiger partial charge in [-0.25, -0.2) is 24.9 Å². The van der Waals surface area contributed by atoms with Crippen molar-refractivity contribution >= 4 is 80.7 Å². The maximum Gasteiger partial charge on any atom is 0.271 e. The largest absolute Gasteiger partial charge is 0.394 e. The van der Waals surface area contributed by atoms with Gasteiger partial charge in [0.05, 0.1) is 72.5 Å². The Hall–Kier alpha value is -6.21. The number of aliphatic hydroxyl groups excluding tert-OH is 3. The van der Waals surface area contributed by atoms with Gasteiger partial charge in [-0.3, -0.25) is 33.6 Å². The fraction of sp³-hybridized carbons (Fsp3) is 0.512. The number of rotatable bonds is 28. The summed E-state index contributed by atoms with van der Waals surface area (Å²) in [5, 5.41) is 52.9. The third-order valence-electron chi connectivity index (χ3n) is 10.6. The molecule has 0 aromatic carbocycles. The van der Waals surface area contributed by atoms with Gasteiger partial charge in [0.2, 0.25) is 29.5 Å². The molecule has 0 radical (unpaired) electrons. The third-order valence-corrected chi connectivity index (χ3v) is 13.5. The van der Waals surface area contributed by atoms with Gasteiger partial charge < -0.3 is 75.1 Å². The van der Waals surface area contributed by atoms with E-state index in [1.165, 1.54) is 56.0 Å². The van der Waals surface area contributed by atoms with Crippen molar-refractivity contribution in [3.8, 4) is 10.7 Å². The molecule has 7 amide bonds. The first-order valence-electron chi connectivity index (χ1n) is 21.7. The molecular formula is C41H61N16O10S3+. The number of carbonyl (C=O) groups excluding carboxylic acids is 7. The molecule has 4 heterocycles. The second-order valence-electron chi connectivity index (χ2n) is 16.3. The molecule has 0 saturated heterocycles. The highest BCUT2D eigenvalue weighted by molar-refractivity contribution is 7.95. The predicted octanol–water partition coefficient (Wildman–Crippen LogP) is -3.84. The molecule has 0 aliphatic heterocycles. The fourth-order valence-electron chi connectivity index (χ4n) is 6.43. The van der Waals surface area contributed by atoms with Crippen LogP contribution >= 0.6 is 22.7 Å². The summed E-state index contributed by atoms with van der Waals surface area (Å²) < 4.78 is 0. The van der Waals surface area contributed by atoms with E-state index >= 15 is 0 Å². The number of H-pyrrole nitrogens is 1. The Bertz CT molecular complexity index is 2440. The zero-order chi connectivity index (χ0) is 51.8. The molecule has 4 aromatic rings. The molecular weight excluding hydrogens is 973 g/mol. The van der Waals surface area contributed by atoms with Crippen LogP contribution in [0.5, 0.6) is 0 Å². The van der Waals surface area contributed by atoms with Crippen molar-refractivity contribution in [2.75, 3.05) is 50.2 Å². The molecule has 26 nitrogen and oxygen atoms in total. The predicted molar refractivity (Wildman–Crippen MR) is 260 cm³/mol.